The van der Waals surface area contributed by atoms with Gasteiger partial charge in [0.05, 0.1) is 12.1 Å². The van der Waals surface area contributed by atoms with E-state index in [-0.39, 0.29) is 12.5 Å². The molecule has 27 heavy (non-hydrogen) atoms. The largest absolute Gasteiger partial charge is 0.471 e. The van der Waals surface area contributed by atoms with Crippen molar-refractivity contribution in [3.05, 3.63) is 78.3 Å². The molecule has 0 spiro atoms. The molecule has 0 fully saturated rings. The zero-order chi connectivity index (χ0) is 18.9. The first-order valence-corrected chi connectivity index (χ1v) is 8.08. The summed E-state index contributed by atoms with van der Waals surface area (Å²) in [5.74, 6) is -1.54. The van der Waals surface area contributed by atoms with E-state index in [0.29, 0.717) is 5.69 Å². The third kappa shape index (κ3) is 3.59. The van der Waals surface area contributed by atoms with E-state index >= 15 is 0 Å². The first-order chi connectivity index (χ1) is 13.0. The fraction of sp³-hybridized carbons (Fsp3) is 0.105. The molecule has 0 atom stereocenters. The number of alkyl halides is 3. The Morgan fingerprint density at radius 2 is 1.70 bits per heavy atom. The molecule has 0 radical (unpaired) electrons. The van der Waals surface area contributed by atoms with Gasteiger partial charge in [0, 0.05) is 17.3 Å². The quantitative estimate of drug-likeness (QED) is 0.507. The second-order valence-electron chi connectivity index (χ2n) is 5.86. The summed E-state index contributed by atoms with van der Waals surface area (Å²) in [4.78, 5) is 9.46. The van der Waals surface area contributed by atoms with Gasteiger partial charge in [0.1, 0.15) is 0 Å². The highest BCUT2D eigenvalue weighted by Crippen LogP contribution is 2.31. The number of nitrogens with zero attached hydrogens (tertiary/aromatic N) is 4. The summed E-state index contributed by atoms with van der Waals surface area (Å²) in [5.41, 5.74) is 2.28. The van der Waals surface area contributed by atoms with Crippen LogP contribution >= 0.6 is 0 Å². The molecule has 0 saturated carbocycles. The summed E-state index contributed by atoms with van der Waals surface area (Å²) in [6.07, 6.45) is -3.01. The Morgan fingerprint density at radius 3 is 2.44 bits per heavy atom. The summed E-state index contributed by atoms with van der Waals surface area (Å²) in [6, 6.07) is 18.5. The number of anilines is 2. The van der Waals surface area contributed by atoms with Crippen LogP contribution in [0.15, 0.2) is 71.4 Å². The average molecular weight is 370 g/mol. The van der Waals surface area contributed by atoms with Crippen molar-refractivity contribution >= 4 is 22.5 Å². The summed E-state index contributed by atoms with van der Waals surface area (Å²) in [7, 11) is 0. The lowest BCUT2D eigenvalue weighted by atomic mass is 10.1. The summed E-state index contributed by atoms with van der Waals surface area (Å²) < 4.78 is 42.9. The SMILES string of the molecule is FC(F)(F)c1nc(N(Cc2cnc3ccccc3c2)c2ccccc2)no1. The van der Waals surface area contributed by atoms with Crippen LogP contribution in [0.25, 0.3) is 10.9 Å². The molecule has 0 N–H and O–H groups in total. The maximum absolute atomic E-state index is 12.8. The van der Waals surface area contributed by atoms with Gasteiger partial charge >= 0.3 is 12.1 Å². The van der Waals surface area contributed by atoms with E-state index < -0.39 is 12.1 Å². The lowest BCUT2D eigenvalue weighted by Gasteiger charge is -2.20. The molecule has 0 aliphatic rings. The molecule has 8 heteroatoms. The third-order valence-corrected chi connectivity index (χ3v) is 3.95. The number of halogens is 3. The van der Waals surface area contributed by atoms with E-state index in [4.69, 9.17) is 0 Å². The van der Waals surface area contributed by atoms with Crippen molar-refractivity contribution in [2.24, 2.45) is 0 Å². The molecule has 4 aromatic rings. The summed E-state index contributed by atoms with van der Waals surface area (Å²) in [5, 5.41) is 4.45. The lowest BCUT2D eigenvalue weighted by Crippen LogP contribution is -2.18. The minimum Gasteiger partial charge on any atom is -0.327 e. The van der Waals surface area contributed by atoms with Crippen molar-refractivity contribution in [2.45, 2.75) is 12.7 Å². The van der Waals surface area contributed by atoms with Gasteiger partial charge in [-0.05, 0) is 35.0 Å². The zero-order valence-corrected chi connectivity index (χ0v) is 13.9. The number of para-hydroxylation sites is 2. The number of rotatable bonds is 4. The van der Waals surface area contributed by atoms with Gasteiger partial charge in [-0.2, -0.15) is 18.2 Å². The van der Waals surface area contributed by atoms with Crippen LogP contribution in [0.3, 0.4) is 0 Å². The van der Waals surface area contributed by atoms with Crippen molar-refractivity contribution in [2.75, 3.05) is 4.90 Å². The Bertz CT molecular complexity index is 1060. The predicted molar refractivity (Wildman–Crippen MR) is 93.3 cm³/mol. The molecule has 4 rings (SSSR count). The number of pyridine rings is 1. The second kappa shape index (κ2) is 6.71. The van der Waals surface area contributed by atoms with Gasteiger partial charge in [0.25, 0.3) is 5.95 Å². The number of benzene rings is 2. The maximum Gasteiger partial charge on any atom is 0.471 e. The summed E-state index contributed by atoms with van der Waals surface area (Å²) in [6.45, 7) is 0.235. The fourth-order valence-electron chi connectivity index (χ4n) is 2.71. The molecule has 0 unspecified atom stereocenters. The lowest BCUT2D eigenvalue weighted by molar-refractivity contribution is -0.159. The van der Waals surface area contributed by atoms with Crippen molar-refractivity contribution in [1.29, 1.82) is 0 Å². The van der Waals surface area contributed by atoms with Crippen LogP contribution in [0.5, 0.6) is 0 Å². The first kappa shape index (κ1) is 17.0. The zero-order valence-electron chi connectivity index (χ0n) is 13.9. The van der Waals surface area contributed by atoms with Crippen LogP contribution in [0.1, 0.15) is 11.5 Å². The van der Waals surface area contributed by atoms with Crippen LogP contribution in [0.2, 0.25) is 0 Å². The highest BCUT2D eigenvalue weighted by molar-refractivity contribution is 5.78. The van der Waals surface area contributed by atoms with Gasteiger partial charge in [0.2, 0.25) is 0 Å². The molecule has 0 amide bonds. The van der Waals surface area contributed by atoms with Gasteiger partial charge < -0.3 is 9.42 Å². The van der Waals surface area contributed by atoms with E-state index in [1.165, 1.54) is 0 Å². The molecule has 0 aliphatic carbocycles. The second-order valence-corrected chi connectivity index (χ2v) is 5.86. The monoisotopic (exact) mass is 370 g/mol. The Morgan fingerprint density at radius 1 is 0.963 bits per heavy atom. The Kier molecular flexibility index (Phi) is 4.23. The van der Waals surface area contributed by atoms with Crippen LogP contribution in [0, 0.1) is 0 Å². The van der Waals surface area contributed by atoms with Gasteiger partial charge in [-0.3, -0.25) is 4.98 Å². The number of hydrogen-bond donors (Lipinski definition) is 0. The Hall–Kier alpha value is -3.42. The van der Waals surface area contributed by atoms with Crippen LogP contribution in [-0.2, 0) is 12.7 Å². The molecule has 5 nitrogen and oxygen atoms in total. The van der Waals surface area contributed by atoms with E-state index in [9.17, 15) is 13.2 Å². The number of fused-ring (bicyclic) bond motifs is 1. The van der Waals surface area contributed by atoms with E-state index in [1.54, 1.807) is 35.4 Å². The minimum absolute atomic E-state index is 0.165. The predicted octanol–water partition coefficient (Wildman–Crippen LogP) is 4.97. The minimum atomic E-state index is -4.70. The van der Waals surface area contributed by atoms with Gasteiger partial charge in [0.15, 0.2) is 0 Å². The maximum atomic E-state index is 12.8. The average Bonchev–Trinajstić information content (AvgIpc) is 3.17. The van der Waals surface area contributed by atoms with Gasteiger partial charge in [-0.1, -0.05) is 36.4 Å². The molecule has 2 aromatic heterocycles. The highest BCUT2D eigenvalue weighted by Gasteiger charge is 2.39. The van der Waals surface area contributed by atoms with E-state index in [0.717, 1.165) is 16.5 Å². The smallest absolute Gasteiger partial charge is 0.327 e. The molecule has 0 aliphatic heterocycles. The standard InChI is InChI=1S/C19H13F3N4O/c20-19(21,22)17-24-18(25-27-17)26(15-7-2-1-3-8-15)12-13-10-14-6-4-5-9-16(14)23-11-13/h1-11H,12H2. The molecule has 2 aromatic carbocycles. The summed E-state index contributed by atoms with van der Waals surface area (Å²) >= 11 is 0. The van der Waals surface area contributed by atoms with Crippen LogP contribution in [0.4, 0.5) is 24.8 Å². The van der Waals surface area contributed by atoms with Gasteiger partial charge in [-0.15, -0.1) is 0 Å². The van der Waals surface area contributed by atoms with Crippen molar-refractivity contribution in [3.8, 4) is 0 Å². The van der Waals surface area contributed by atoms with E-state index in [1.807, 2.05) is 36.4 Å². The Balaban J connectivity index is 1.72. The molecular formula is C19H13F3N4O. The van der Waals surface area contributed by atoms with Crippen molar-refractivity contribution in [3.63, 3.8) is 0 Å². The first-order valence-electron chi connectivity index (χ1n) is 8.08. The molecular weight excluding hydrogens is 357 g/mol. The topological polar surface area (TPSA) is 55.1 Å². The normalized spacial score (nSPS) is 11.7. The Labute approximate surface area is 152 Å². The molecule has 136 valence electrons. The van der Waals surface area contributed by atoms with Crippen LogP contribution < -0.4 is 4.90 Å². The highest BCUT2D eigenvalue weighted by atomic mass is 19.4. The van der Waals surface area contributed by atoms with Gasteiger partial charge in [-0.25, -0.2) is 0 Å². The van der Waals surface area contributed by atoms with Crippen molar-refractivity contribution in [1.82, 2.24) is 15.1 Å². The fourth-order valence-corrected chi connectivity index (χ4v) is 2.71. The number of aromatic nitrogens is 3. The van der Waals surface area contributed by atoms with Crippen LogP contribution in [-0.4, -0.2) is 15.1 Å². The number of hydrogen-bond acceptors (Lipinski definition) is 5. The third-order valence-electron chi connectivity index (χ3n) is 3.95. The van der Waals surface area contributed by atoms with E-state index in [2.05, 4.69) is 19.6 Å². The molecule has 0 bridgehead atoms. The van der Waals surface area contributed by atoms with Crippen molar-refractivity contribution < 1.29 is 17.7 Å². The molecule has 0 saturated heterocycles. The molecule has 2 heterocycles.